The summed E-state index contributed by atoms with van der Waals surface area (Å²) >= 11 is 6.01. The van der Waals surface area contributed by atoms with E-state index in [4.69, 9.17) is 16.3 Å². The van der Waals surface area contributed by atoms with E-state index in [1.807, 2.05) is 24.3 Å². The Balaban J connectivity index is 1.53. The first-order valence-corrected chi connectivity index (χ1v) is 10.8. The Kier molecular flexibility index (Phi) is 6.90. The van der Waals surface area contributed by atoms with Crippen molar-refractivity contribution in [2.24, 2.45) is 0 Å². The number of esters is 1. The zero-order valence-corrected chi connectivity index (χ0v) is 18.6. The second-order valence-corrected chi connectivity index (χ2v) is 7.99. The van der Waals surface area contributed by atoms with E-state index in [0.717, 1.165) is 5.56 Å². The Morgan fingerprint density at radius 1 is 0.939 bits per heavy atom. The molecule has 0 aliphatic rings. The smallest absolute Gasteiger partial charge is 0.313 e. The van der Waals surface area contributed by atoms with Gasteiger partial charge in [0.1, 0.15) is 12.4 Å². The molecule has 7 nitrogen and oxygen atoms in total. The van der Waals surface area contributed by atoms with Crippen LogP contribution in [0.15, 0.2) is 85.2 Å². The molecule has 4 aromatic rings. The van der Waals surface area contributed by atoms with Gasteiger partial charge >= 0.3 is 5.97 Å². The molecule has 4 rings (SSSR count). The van der Waals surface area contributed by atoms with Crippen molar-refractivity contribution in [1.82, 2.24) is 20.2 Å². The highest BCUT2D eigenvalue weighted by molar-refractivity contribution is 6.30. The monoisotopic (exact) mass is 460 g/mol. The number of carbonyl (C=O) groups is 2. The van der Waals surface area contributed by atoms with E-state index in [-0.39, 0.29) is 12.3 Å². The van der Waals surface area contributed by atoms with Gasteiger partial charge in [-0.15, -0.1) is 5.10 Å². The number of nitrogens with zero attached hydrogens (tertiary/aromatic N) is 4. The first-order chi connectivity index (χ1) is 16.0. The third-order valence-corrected chi connectivity index (χ3v) is 5.53. The molecule has 2 atom stereocenters. The molecule has 8 heteroatoms. The highest BCUT2D eigenvalue weighted by atomic mass is 35.5. The molecule has 0 bridgehead atoms. The van der Waals surface area contributed by atoms with Crippen LogP contribution in [0.1, 0.15) is 46.0 Å². The van der Waals surface area contributed by atoms with E-state index in [1.165, 1.54) is 11.0 Å². The van der Waals surface area contributed by atoms with Gasteiger partial charge in [0, 0.05) is 16.1 Å². The molecule has 1 aromatic heterocycles. The molecular formula is C25H21ClN4O3. The number of hydrogen-bond acceptors (Lipinski definition) is 6. The molecule has 0 aliphatic carbocycles. The van der Waals surface area contributed by atoms with Crippen LogP contribution in [0.4, 0.5) is 0 Å². The van der Waals surface area contributed by atoms with Gasteiger partial charge in [-0.2, -0.15) is 0 Å². The Morgan fingerprint density at radius 3 is 2.36 bits per heavy atom. The molecule has 166 valence electrons. The van der Waals surface area contributed by atoms with Crippen LogP contribution in [0.3, 0.4) is 0 Å². The van der Waals surface area contributed by atoms with Gasteiger partial charge < -0.3 is 4.74 Å². The minimum Gasteiger partial charge on any atom is -0.455 e. The van der Waals surface area contributed by atoms with Crippen molar-refractivity contribution in [2.75, 3.05) is 0 Å². The quantitative estimate of drug-likeness (QED) is 0.281. The summed E-state index contributed by atoms with van der Waals surface area (Å²) in [5.74, 6) is -1.11. The van der Waals surface area contributed by atoms with Crippen LogP contribution in [0.5, 0.6) is 0 Å². The number of tetrazole rings is 1. The van der Waals surface area contributed by atoms with Gasteiger partial charge in [0.05, 0.1) is 12.5 Å². The van der Waals surface area contributed by atoms with Crippen LogP contribution >= 0.6 is 11.6 Å². The van der Waals surface area contributed by atoms with Gasteiger partial charge in [0.25, 0.3) is 0 Å². The van der Waals surface area contributed by atoms with E-state index in [2.05, 4.69) is 15.5 Å². The number of hydrogen-bond donors (Lipinski definition) is 0. The summed E-state index contributed by atoms with van der Waals surface area (Å²) in [7, 11) is 0. The van der Waals surface area contributed by atoms with E-state index >= 15 is 0 Å². The summed E-state index contributed by atoms with van der Waals surface area (Å²) in [6, 6.07) is 23.2. The number of ether oxygens (including phenoxy) is 1. The molecule has 3 aromatic carbocycles. The fourth-order valence-corrected chi connectivity index (χ4v) is 3.53. The Hall–Kier alpha value is -3.84. The minimum atomic E-state index is -0.616. The van der Waals surface area contributed by atoms with Gasteiger partial charge in [-0.05, 0) is 46.7 Å². The number of halogens is 1. The van der Waals surface area contributed by atoms with Gasteiger partial charge in [-0.3, -0.25) is 9.59 Å². The molecule has 1 heterocycles. The Bertz CT molecular complexity index is 1230. The molecule has 0 saturated heterocycles. The molecule has 0 spiro atoms. The van der Waals surface area contributed by atoms with Crippen molar-refractivity contribution in [2.45, 2.75) is 25.5 Å². The maximum atomic E-state index is 13.1. The molecule has 33 heavy (non-hydrogen) atoms. The van der Waals surface area contributed by atoms with E-state index in [0.29, 0.717) is 21.7 Å². The molecule has 0 fully saturated rings. The maximum Gasteiger partial charge on any atom is 0.313 e. The third-order valence-electron chi connectivity index (χ3n) is 5.28. The zero-order chi connectivity index (χ0) is 23.2. The van der Waals surface area contributed by atoms with Crippen molar-refractivity contribution < 1.29 is 14.3 Å². The van der Waals surface area contributed by atoms with Crippen LogP contribution < -0.4 is 0 Å². The number of benzene rings is 3. The highest BCUT2D eigenvalue weighted by Gasteiger charge is 2.24. The van der Waals surface area contributed by atoms with Crippen LogP contribution in [-0.4, -0.2) is 32.0 Å². The third kappa shape index (κ3) is 5.51. The van der Waals surface area contributed by atoms with Crippen molar-refractivity contribution in [1.29, 1.82) is 0 Å². The average Bonchev–Trinajstić information content (AvgIpc) is 3.37. The first-order valence-electron chi connectivity index (χ1n) is 10.4. The van der Waals surface area contributed by atoms with Gasteiger partial charge in [-0.1, -0.05) is 72.3 Å². The Labute approximate surface area is 196 Å². The van der Waals surface area contributed by atoms with Crippen LogP contribution in [0.25, 0.3) is 0 Å². The summed E-state index contributed by atoms with van der Waals surface area (Å²) in [5, 5.41) is 11.7. The van der Waals surface area contributed by atoms with Gasteiger partial charge in [-0.25, -0.2) is 4.68 Å². The van der Waals surface area contributed by atoms with Crippen LogP contribution in [-0.2, 0) is 16.1 Å². The summed E-state index contributed by atoms with van der Waals surface area (Å²) in [5.41, 5.74) is 2.57. The van der Waals surface area contributed by atoms with Crippen molar-refractivity contribution in [3.63, 3.8) is 0 Å². The lowest BCUT2D eigenvalue weighted by Crippen LogP contribution is -2.21. The highest BCUT2D eigenvalue weighted by Crippen LogP contribution is 2.26. The Morgan fingerprint density at radius 2 is 1.67 bits per heavy atom. The normalized spacial score (nSPS) is 12.7. The van der Waals surface area contributed by atoms with Crippen molar-refractivity contribution >= 4 is 23.4 Å². The molecular weight excluding hydrogens is 440 g/mol. The number of ketones is 1. The van der Waals surface area contributed by atoms with Crippen LogP contribution in [0.2, 0.25) is 5.02 Å². The molecule has 0 radical (unpaired) electrons. The maximum absolute atomic E-state index is 13.1. The first kappa shape index (κ1) is 22.4. The van der Waals surface area contributed by atoms with Crippen LogP contribution in [0, 0.1) is 0 Å². The molecule has 1 unspecified atom stereocenters. The molecule has 0 N–H and O–H groups in total. The lowest BCUT2D eigenvalue weighted by molar-refractivity contribution is -0.151. The number of carbonyl (C=O) groups excluding carboxylic acids is 2. The van der Waals surface area contributed by atoms with Gasteiger partial charge in [0.15, 0.2) is 5.78 Å². The fourth-order valence-electron chi connectivity index (χ4n) is 3.41. The molecule has 0 saturated carbocycles. The SMILES string of the molecule is C[C@H](C(=O)OC(Cn1cnnn1)c1ccc(Cl)cc1)c1cccc(C(=O)c2ccccc2)c1. The standard InChI is InChI=1S/C25H21ClN4O3/c1-17(20-8-5-9-21(14-20)24(31)19-6-3-2-4-7-19)25(32)33-23(15-30-16-27-28-29-30)18-10-12-22(26)13-11-18/h2-14,16-17,23H,15H2,1H3/t17-,23?/m0/s1. The summed E-state index contributed by atoms with van der Waals surface area (Å²) in [6.07, 6.45) is 0.841. The largest absolute Gasteiger partial charge is 0.455 e. The van der Waals surface area contributed by atoms with E-state index < -0.39 is 18.0 Å². The van der Waals surface area contributed by atoms with Gasteiger partial charge in [0.2, 0.25) is 0 Å². The van der Waals surface area contributed by atoms with E-state index in [9.17, 15) is 9.59 Å². The van der Waals surface area contributed by atoms with Crippen molar-refractivity contribution in [3.05, 3.63) is 112 Å². The number of rotatable bonds is 8. The van der Waals surface area contributed by atoms with E-state index in [1.54, 1.807) is 61.5 Å². The summed E-state index contributed by atoms with van der Waals surface area (Å²) < 4.78 is 7.36. The predicted octanol–water partition coefficient (Wildman–Crippen LogP) is 4.65. The fraction of sp³-hybridized carbons (Fsp3) is 0.160. The second kappa shape index (κ2) is 10.2. The predicted molar refractivity (Wildman–Crippen MR) is 123 cm³/mol. The second-order valence-electron chi connectivity index (χ2n) is 7.55. The number of aromatic nitrogens is 4. The lowest BCUT2D eigenvalue weighted by atomic mass is 9.95. The lowest BCUT2D eigenvalue weighted by Gasteiger charge is -2.21. The zero-order valence-electron chi connectivity index (χ0n) is 17.8. The summed E-state index contributed by atoms with van der Waals surface area (Å²) in [6.45, 7) is 2.00. The minimum absolute atomic E-state index is 0.101. The summed E-state index contributed by atoms with van der Waals surface area (Å²) in [4.78, 5) is 25.9. The molecule has 0 amide bonds. The van der Waals surface area contributed by atoms with Crippen molar-refractivity contribution in [3.8, 4) is 0 Å². The molecule has 0 aliphatic heterocycles. The topological polar surface area (TPSA) is 87.0 Å². The average molecular weight is 461 g/mol.